The Hall–Kier alpha value is -1.04. The Morgan fingerprint density at radius 2 is 2.06 bits per heavy atom. The lowest BCUT2D eigenvalue weighted by molar-refractivity contribution is 0.718. The first-order chi connectivity index (χ1) is 8.16. The van der Waals surface area contributed by atoms with Crippen molar-refractivity contribution < 1.29 is 0 Å². The van der Waals surface area contributed by atoms with E-state index in [1.807, 2.05) is 31.2 Å². The fourth-order valence-electron chi connectivity index (χ4n) is 1.50. The number of thioether (sulfide) groups is 1. The molecule has 0 bridgehead atoms. The summed E-state index contributed by atoms with van der Waals surface area (Å²) in [5, 5.41) is 8.26. The molecular formula is C11H13ClN4S. The zero-order chi connectivity index (χ0) is 12.3. The van der Waals surface area contributed by atoms with Crippen molar-refractivity contribution in [3.63, 3.8) is 0 Å². The van der Waals surface area contributed by atoms with Crippen molar-refractivity contribution in [2.75, 3.05) is 0 Å². The number of halogens is 1. The summed E-state index contributed by atoms with van der Waals surface area (Å²) in [5.74, 6) is 0. The number of aromatic nitrogens is 3. The van der Waals surface area contributed by atoms with Crippen molar-refractivity contribution in [2.24, 2.45) is 5.73 Å². The Morgan fingerprint density at radius 1 is 1.35 bits per heavy atom. The van der Waals surface area contributed by atoms with E-state index < -0.39 is 0 Å². The fourth-order valence-corrected chi connectivity index (χ4v) is 2.59. The molecule has 2 aromatic rings. The zero-order valence-corrected chi connectivity index (χ0v) is 10.9. The van der Waals surface area contributed by atoms with Crippen LogP contribution in [0.15, 0.2) is 35.7 Å². The van der Waals surface area contributed by atoms with Gasteiger partial charge in [0.15, 0.2) is 5.16 Å². The average molecular weight is 269 g/mol. The molecule has 17 heavy (non-hydrogen) atoms. The molecule has 2 unspecified atom stereocenters. The van der Waals surface area contributed by atoms with Crippen LogP contribution in [0, 0.1) is 0 Å². The molecule has 0 spiro atoms. The van der Waals surface area contributed by atoms with E-state index in [9.17, 15) is 0 Å². The molecule has 6 heteroatoms. The largest absolute Gasteiger partial charge is 0.327 e. The molecule has 1 heterocycles. The van der Waals surface area contributed by atoms with Crippen LogP contribution in [0.1, 0.15) is 17.7 Å². The maximum atomic E-state index is 6.01. The van der Waals surface area contributed by atoms with Crippen molar-refractivity contribution in [1.82, 2.24) is 15.2 Å². The molecule has 0 aliphatic heterocycles. The van der Waals surface area contributed by atoms with Crippen LogP contribution < -0.4 is 5.73 Å². The van der Waals surface area contributed by atoms with Crippen LogP contribution in [0.3, 0.4) is 0 Å². The third kappa shape index (κ3) is 3.21. The smallest absolute Gasteiger partial charge is 0.184 e. The second kappa shape index (κ2) is 5.53. The maximum Gasteiger partial charge on any atom is 0.184 e. The average Bonchev–Trinajstić information content (AvgIpc) is 2.80. The van der Waals surface area contributed by atoms with Gasteiger partial charge in [-0.3, -0.25) is 5.10 Å². The number of aromatic amines is 1. The lowest BCUT2D eigenvalue weighted by atomic mass is 10.1. The number of nitrogens with two attached hydrogens (primary N) is 1. The molecule has 3 N–H and O–H groups in total. The van der Waals surface area contributed by atoms with Gasteiger partial charge < -0.3 is 5.73 Å². The van der Waals surface area contributed by atoms with Gasteiger partial charge in [0.2, 0.25) is 0 Å². The molecule has 90 valence electrons. The van der Waals surface area contributed by atoms with Gasteiger partial charge in [-0.15, -0.1) is 0 Å². The monoisotopic (exact) mass is 268 g/mol. The van der Waals surface area contributed by atoms with E-state index in [1.54, 1.807) is 11.8 Å². The van der Waals surface area contributed by atoms with Gasteiger partial charge in [0.25, 0.3) is 0 Å². The Balaban J connectivity index is 2.20. The zero-order valence-electron chi connectivity index (χ0n) is 9.30. The second-order valence-corrected chi connectivity index (χ2v) is 5.31. The fraction of sp³-hybridized carbons (Fsp3) is 0.273. The highest BCUT2D eigenvalue weighted by molar-refractivity contribution is 7.99. The summed E-state index contributed by atoms with van der Waals surface area (Å²) in [7, 11) is 0. The molecular weight excluding hydrogens is 256 g/mol. The van der Waals surface area contributed by atoms with Gasteiger partial charge in [0, 0.05) is 11.1 Å². The number of hydrogen-bond acceptors (Lipinski definition) is 4. The minimum absolute atomic E-state index is 0.00581. The SMILES string of the molecule is CC(N)C(Sc1ncn[nH]1)c1ccc(Cl)cc1. The maximum absolute atomic E-state index is 6.01. The van der Waals surface area contributed by atoms with E-state index in [4.69, 9.17) is 17.3 Å². The Labute approximate surface area is 109 Å². The summed E-state index contributed by atoms with van der Waals surface area (Å²) < 4.78 is 0. The lowest BCUT2D eigenvalue weighted by Crippen LogP contribution is -2.22. The molecule has 1 aromatic carbocycles. The van der Waals surface area contributed by atoms with E-state index in [0.29, 0.717) is 0 Å². The predicted octanol–water partition coefficient (Wildman–Crippen LogP) is 2.64. The van der Waals surface area contributed by atoms with E-state index in [0.717, 1.165) is 15.7 Å². The summed E-state index contributed by atoms with van der Waals surface area (Å²) in [6.45, 7) is 1.97. The lowest BCUT2D eigenvalue weighted by Gasteiger charge is -2.19. The van der Waals surface area contributed by atoms with Gasteiger partial charge in [-0.25, -0.2) is 4.98 Å². The number of rotatable bonds is 4. The molecule has 0 amide bonds. The number of nitrogens with zero attached hydrogens (tertiary/aromatic N) is 2. The number of nitrogens with one attached hydrogen (secondary N) is 1. The van der Waals surface area contributed by atoms with Crippen molar-refractivity contribution >= 4 is 23.4 Å². The van der Waals surface area contributed by atoms with Crippen LogP contribution in [0.2, 0.25) is 5.02 Å². The van der Waals surface area contributed by atoms with Crippen LogP contribution in [0.25, 0.3) is 0 Å². The molecule has 4 nitrogen and oxygen atoms in total. The number of hydrogen-bond donors (Lipinski definition) is 2. The van der Waals surface area contributed by atoms with Crippen LogP contribution in [0.4, 0.5) is 0 Å². The second-order valence-electron chi connectivity index (χ2n) is 3.74. The molecule has 0 aliphatic rings. The summed E-state index contributed by atoms with van der Waals surface area (Å²) in [6.07, 6.45) is 1.49. The highest BCUT2D eigenvalue weighted by atomic mass is 35.5. The predicted molar refractivity (Wildman–Crippen MR) is 70.1 cm³/mol. The van der Waals surface area contributed by atoms with Gasteiger partial charge in [-0.2, -0.15) is 5.10 Å². The molecule has 2 atom stereocenters. The molecule has 0 aliphatic carbocycles. The first-order valence-corrected chi connectivity index (χ1v) is 6.45. The van der Waals surface area contributed by atoms with E-state index in [2.05, 4.69) is 15.2 Å². The summed E-state index contributed by atoms with van der Waals surface area (Å²) in [5.41, 5.74) is 7.14. The minimum atomic E-state index is 0.00581. The van der Waals surface area contributed by atoms with Gasteiger partial charge in [0.1, 0.15) is 6.33 Å². The van der Waals surface area contributed by atoms with Gasteiger partial charge in [-0.05, 0) is 24.6 Å². The quantitative estimate of drug-likeness (QED) is 0.837. The molecule has 0 radical (unpaired) electrons. The Kier molecular flexibility index (Phi) is 4.04. The Bertz CT molecular complexity index is 455. The normalized spacial score (nSPS) is 14.5. The summed E-state index contributed by atoms with van der Waals surface area (Å²) in [4.78, 5) is 4.10. The van der Waals surface area contributed by atoms with Gasteiger partial charge >= 0.3 is 0 Å². The van der Waals surface area contributed by atoms with E-state index >= 15 is 0 Å². The van der Waals surface area contributed by atoms with Crippen molar-refractivity contribution in [1.29, 1.82) is 0 Å². The van der Waals surface area contributed by atoms with Crippen LogP contribution in [0.5, 0.6) is 0 Å². The first kappa shape index (κ1) is 12.4. The minimum Gasteiger partial charge on any atom is -0.327 e. The molecule has 1 aromatic heterocycles. The summed E-state index contributed by atoms with van der Waals surface area (Å²) in [6, 6.07) is 7.71. The van der Waals surface area contributed by atoms with Crippen molar-refractivity contribution in [3.05, 3.63) is 41.2 Å². The standard InChI is InChI=1S/C11H13ClN4S/c1-7(13)10(17-11-14-6-15-16-11)8-2-4-9(12)5-3-8/h2-7,10H,13H2,1H3,(H,14,15,16). The molecule has 0 saturated heterocycles. The Morgan fingerprint density at radius 3 is 2.59 bits per heavy atom. The molecule has 0 saturated carbocycles. The van der Waals surface area contributed by atoms with E-state index in [1.165, 1.54) is 6.33 Å². The molecule has 0 fully saturated rings. The number of H-pyrrole nitrogens is 1. The number of benzene rings is 1. The first-order valence-electron chi connectivity index (χ1n) is 5.20. The van der Waals surface area contributed by atoms with Crippen LogP contribution in [-0.4, -0.2) is 21.2 Å². The highest BCUT2D eigenvalue weighted by Crippen LogP contribution is 2.35. The van der Waals surface area contributed by atoms with Crippen LogP contribution in [-0.2, 0) is 0 Å². The highest BCUT2D eigenvalue weighted by Gasteiger charge is 2.18. The third-order valence-electron chi connectivity index (χ3n) is 2.31. The van der Waals surface area contributed by atoms with Crippen molar-refractivity contribution in [3.8, 4) is 0 Å². The van der Waals surface area contributed by atoms with Gasteiger partial charge in [0.05, 0.1) is 5.25 Å². The molecule has 2 rings (SSSR count). The van der Waals surface area contributed by atoms with Crippen molar-refractivity contribution in [2.45, 2.75) is 23.4 Å². The third-order valence-corrected chi connectivity index (χ3v) is 3.93. The topological polar surface area (TPSA) is 67.6 Å². The van der Waals surface area contributed by atoms with Gasteiger partial charge in [-0.1, -0.05) is 35.5 Å². The van der Waals surface area contributed by atoms with E-state index in [-0.39, 0.29) is 11.3 Å². The summed E-state index contributed by atoms with van der Waals surface area (Å²) >= 11 is 7.44. The van der Waals surface area contributed by atoms with Crippen LogP contribution >= 0.6 is 23.4 Å².